The second kappa shape index (κ2) is 15.4. The monoisotopic (exact) mass is 558 g/mol. The van der Waals surface area contributed by atoms with Crippen LogP contribution in [-0.2, 0) is 19.8 Å². The number of nitrogens with one attached hydrogen (secondary N) is 3. The molecule has 0 saturated carbocycles. The van der Waals surface area contributed by atoms with Crippen molar-refractivity contribution in [2.75, 3.05) is 25.5 Å². The summed E-state index contributed by atoms with van der Waals surface area (Å²) < 4.78 is 5.48. The molecule has 1 heterocycles. The smallest absolute Gasteiger partial charge is 0.326 e. The number of nitrogens with zero attached hydrogens (tertiary/aromatic N) is 1. The van der Waals surface area contributed by atoms with Crippen LogP contribution in [0.1, 0.15) is 71.9 Å². The lowest BCUT2D eigenvalue weighted by molar-refractivity contribution is -0.142. The van der Waals surface area contributed by atoms with Crippen molar-refractivity contribution < 1.29 is 24.2 Å². The van der Waals surface area contributed by atoms with Gasteiger partial charge in [0.05, 0.1) is 24.4 Å². The van der Waals surface area contributed by atoms with Crippen molar-refractivity contribution in [2.45, 2.75) is 89.8 Å². The van der Waals surface area contributed by atoms with E-state index >= 15 is 0 Å². The zero-order chi connectivity index (χ0) is 29.9. The van der Waals surface area contributed by atoms with Gasteiger partial charge in [-0.1, -0.05) is 26.8 Å². The second-order valence-electron chi connectivity index (χ2n) is 11.2. The van der Waals surface area contributed by atoms with Gasteiger partial charge in [-0.2, -0.15) is 0 Å². The van der Waals surface area contributed by atoms with E-state index in [-0.39, 0.29) is 30.2 Å². The second-order valence-corrected chi connectivity index (χ2v) is 11.2. The van der Waals surface area contributed by atoms with E-state index in [0.29, 0.717) is 25.9 Å². The maximum Gasteiger partial charge on any atom is 0.326 e. The number of benzene rings is 1. The van der Waals surface area contributed by atoms with E-state index in [1.807, 2.05) is 18.2 Å². The molecule has 2 aromatic rings. The highest BCUT2D eigenvalue weighted by atomic mass is 16.5. The van der Waals surface area contributed by atoms with Gasteiger partial charge >= 0.3 is 5.97 Å². The molecule has 2 amide bonds. The number of hydrogen-bond donors (Lipinski definition) is 6. The lowest BCUT2D eigenvalue weighted by atomic mass is 9.91. The van der Waals surface area contributed by atoms with E-state index in [4.69, 9.17) is 21.2 Å². The Morgan fingerprint density at radius 3 is 2.45 bits per heavy atom. The number of aromatic nitrogens is 1. The first kappa shape index (κ1) is 32.8. The summed E-state index contributed by atoms with van der Waals surface area (Å²) in [6.07, 6.45) is 2.38. The molecule has 1 aromatic carbocycles. The average Bonchev–Trinajstić information content (AvgIpc) is 2.90. The lowest BCUT2D eigenvalue weighted by Gasteiger charge is -2.21. The Morgan fingerprint density at radius 2 is 1.82 bits per heavy atom. The zero-order valence-corrected chi connectivity index (χ0v) is 24.4. The van der Waals surface area contributed by atoms with E-state index in [0.717, 1.165) is 40.9 Å². The summed E-state index contributed by atoms with van der Waals surface area (Å²) in [7, 11) is 1.64. The number of carboxylic acids is 1. The van der Waals surface area contributed by atoms with Gasteiger partial charge in [0.1, 0.15) is 11.8 Å². The van der Waals surface area contributed by atoms with Crippen LogP contribution in [0.4, 0.5) is 5.69 Å². The Kier molecular flexibility index (Phi) is 12.6. The third-order valence-corrected chi connectivity index (χ3v) is 6.64. The SMILES string of the molecule is COc1cc(NC(C)CCCNC(=O)CC[C@H](NC(=O)[C@@H](N)CCCN)C(=O)O)c2nc(C(C)(C)C)ccc2c1. The molecule has 0 aliphatic carbocycles. The number of methoxy groups -OCH3 is 1. The van der Waals surface area contributed by atoms with Gasteiger partial charge in [-0.25, -0.2) is 4.79 Å². The number of carbonyl (C=O) groups is 3. The molecule has 0 radical (unpaired) electrons. The van der Waals surface area contributed by atoms with Gasteiger partial charge < -0.3 is 37.3 Å². The van der Waals surface area contributed by atoms with E-state index < -0.39 is 24.0 Å². The summed E-state index contributed by atoms with van der Waals surface area (Å²) in [6, 6.07) is 6.11. The van der Waals surface area contributed by atoms with Crippen molar-refractivity contribution in [1.29, 1.82) is 0 Å². The average molecular weight is 559 g/mol. The molecular formula is C29H46N6O5. The Balaban J connectivity index is 1.85. The number of anilines is 1. The maximum atomic E-state index is 12.3. The molecule has 11 nitrogen and oxygen atoms in total. The molecular weight excluding hydrogens is 512 g/mol. The molecule has 40 heavy (non-hydrogen) atoms. The molecule has 0 fully saturated rings. The highest BCUT2D eigenvalue weighted by Crippen LogP contribution is 2.31. The van der Waals surface area contributed by atoms with Crippen molar-refractivity contribution >= 4 is 34.4 Å². The number of hydrogen-bond acceptors (Lipinski definition) is 8. The molecule has 0 aliphatic rings. The summed E-state index contributed by atoms with van der Waals surface area (Å²) in [6.45, 7) is 9.31. The number of amides is 2. The first-order chi connectivity index (χ1) is 18.8. The van der Waals surface area contributed by atoms with Crippen LogP contribution in [0, 0.1) is 0 Å². The van der Waals surface area contributed by atoms with Crippen LogP contribution >= 0.6 is 0 Å². The Hall–Kier alpha value is -3.44. The fourth-order valence-corrected chi connectivity index (χ4v) is 4.20. The minimum absolute atomic E-state index is 0.0268. The fourth-order valence-electron chi connectivity index (χ4n) is 4.20. The van der Waals surface area contributed by atoms with E-state index in [1.54, 1.807) is 7.11 Å². The van der Waals surface area contributed by atoms with Gasteiger partial charge in [-0.15, -0.1) is 0 Å². The summed E-state index contributed by atoms with van der Waals surface area (Å²) in [5, 5.41) is 19.2. The standard InChI is InChI=1S/C29H46N6O5/c1-18(33-23-17-20(40-5)16-19-10-12-24(29(2,3)4)35-26(19)23)8-7-15-32-25(36)13-11-22(28(38)39)34-27(37)21(31)9-6-14-30/h10,12,16-18,21-22,33H,6-9,11,13-15,30-31H2,1-5H3,(H,32,36)(H,34,37)(H,38,39)/t18?,21-,22-/m0/s1. The van der Waals surface area contributed by atoms with Gasteiger partial charge in [0, 0.05) is 41.6 Å². The molecule has 0 spiro atoms. The van der Waals surface area contributed by atoms with Gasteiger partial charge in [-0.05, 0) is 57.7 Å². The molecule has 1 aromatic heterocycles. The highest BCUT2D eigenvalue weighted by molar-refractivity contribution is 5.92. The van der Waals surface area contributed by atoms with Crippen molar-refractivity contribution in [3.05, 3.63) is 30.0 Å². The van der Waals surface area contributed by atoms with Crippen LogP contribution in [0.15, 0.2) is 24.3 Å². The molecule has 1 unspecified atom stereocenters. The Morgan fingerprint density at radius 1 is 1.10 bits per heavy atom. The van der Waals surface area contributed by atoms with Crippen LogP contribution in [0.2, 0.25) is 0 Å². The van der Waals surface area contributed by atoms with Gasteiger partial charge in [0.25, 0.3) is 0 Å². The maximum absolute atomic E-state index is 12.3. The normalized spacial score (nSPS) is 13.8. The van der Waals surface area contributed by atoms with Crippen molar-refractivity contribution in [2.24, 2.45) is 11.5 Å². The Bertz CT molecular complexity index is 1150. The third kappa shape index (κ3) is 10.3. The zero-order valence-electron chi connectivity index (χ0n) is 24.4. The predicted molar refractivity (Wildman–Crippen MR) is 157 cm³/mol. The van der Waals surface area contributed by atoms with Gasteiger partial charge in [0.2, 0.25) is 11.8 Å². The summed E-state index contributed by atoms with van der Waals surface area (Å²) in [4.78, 5) is 40.9. The number of carbonyl (C=O) groups excluding carboxylic acids is 2. The van der Waals surface area contributed by atoms with Crippen LogP contribution in [0.5, 0.6) is 5.75 Å². The largest absolute Gasteiger partial charge is 0.497 e. The minimum Gasteiger partial charge on any atom is -0.497 e. The predicted octanol–water partition coefficient (Wildman–Crippen LogP) is 2.65. The van der Waals surface area contributed by atoms with Crippen molar-refractivity contribution in [3.63, 3.8) is 0 Å². The molecule has 3 atom stereocenters. The van der Waals surface area contributed by atoms with Crippen LogP contribution < -0.4 is 32.2 Å². The summed E-state index contributed by atoms with van der Waals surface area (Å²) in [5.41, 5.74) is 13.9. The lowest BCUT2D eigenvalue weighted by Crippen LogP contribution is -2.48. The van der Waals surface area contributed by atoms with Crippen molar-refractivity contribution in [1.82, 2.24) is 15.6 Å². The number of ether oxygens (including phenoxy) is 1. The summed E-state index contributed by atoms with van der Waals surface area (Å²) >= 11 is 0. The van der Waals surface area contributed by atoms with Gasteiger partial charge in [0.15, 0.2) is 0 Å². The van der Waals surface area contributed by atoms with Crippen molar-refractivity contribution in [3.8, 4) is 5.75 Å². The van der Waals surface area contributed by atoms with Crippen LogP contribution in [0.3, 0.4) is 0 Å². The Labute approximate surface area is 236 Å². The molecule has 2 rings (SSSR count). The number of rotatable bonds is 16. The fraction of sp³-hybridized carbons (Fsp3) is 0.586. The molecule has 0 aliphatic heterocycles. The number of pyridine rings is 1. The van der Waals surface area contributed by atoms with Crippen LogP contribution in [0.25, 0.3) is 10.9 Å². The molecule has 8 N–H and O–H groups in total. The number of aliphatic carboxylic acids is 1. The molecule has 11 heteroatoms. The molecule has 0 bridgehead atoms. The topological polar surface area (TPSA) is 182 Å². The van der Waals surface area contributed by atoms with E-state index in [9.17, 15) is 19.5 Å². The van der Waals surface area contributed by atoms with Crippen LogP contribution in [-0.4, -0.2) is 66.2 Å². The summed E-state index contributed by atoms with van der Waals surface area (Å²) in [5.74, 6) is -1.29. The quantitative estimate of drug-likeness (QED) is 0.169. The van der Waals surface area contributed by atoms with Gasteiger partial charge in [-0.3, -0.25) is 14.6 Å². The highest BCUT2D eigenvalue weighted by Gasteiger charge is 2.24. The third-order valence-electron chi connectivity index (χ3n) is 6.64. The first-order valence-corrected chi connectivity index (χ1v) is 13.9. The van der Waals surface area contributed by atoms with E-state index in [1.165, 1.54) is 0 Å². The molecule has 222 valence electrons. The number of nitrogens with two attached hydrogens (primary N) is 2. The minimum atomic E-state index is -1.21. The van der Waals surface area contributed by atoms with E-state index in [2.05, 4.69) is 49.7 Å². The first-order valence-electron chi connectivity index (χ1n) is 13.9. The molecule has 0 saturated heterocycles. The number of carboxylic acid groups (broad SMARTS) is 1. The number of fused-ring (bicyclic) bond motifs is 1.